The molecule has 5 rings (SSSR count). The van der Waals surface area contributed by atoms with E-state index in [1.54, 1.807) is 4.90 Å². The second-order valence-electron chi connectivity index (χ2n) is 10.4. The Morgan fingerprint density at radius 2 is 1.61 bits per heavy atom. The van der Waals surface area contributed by atoms with Crippen molar-refractivity contribution >= 4 is 17.8 Å². The first-order chi connectivity index (χ1) is 13.3. The van der Waals surface area contributed by atoms with Crippen molar-refractivity contribution in [1.29, 1.82) is 0 Å². The third-order valence-corrected chi connectivity index (χ3v) is 7.82. The topological polar surface area (TPSA) is 86.7 Å². The van der Waals surface area contributed by atoms with Gasteiger partial charge in [0.2, 0.25) is 11.8 Å². The van der Waals surface area contributed by atoms with Gasteiger partial charge in [-0.2, -0.15) is 0 Å². The minimum atomic E-state index is -0.837. The fourth-order valence-electron chi connectivity index (χ4n) is 6.77. The molecule has 2 N–H and O–H groups in total. The third kappa shape index (κ3) is 3.55. The summed E-state index contributed by atoms with van der Waals surface area (Å²) in [6.07, 6.45) is 8.11. The summed E-state index contributed by atoms with van der Waals surface area (Å²) in [5.41, 5.74) is -0.270. The van der Waals surface area contributed by atoms with E-state index in [0.29, 0.717) is 37.1 Å². The number of rotatable bonds is 5. The summed E-state index contributed by atoms with van der Waals surface area (Å²) in [6, 6.07) is -0.562. The molecule has 2 atom stereocenters. The van der Waals surface area contributed by atoms with Crippen LogP contribution in [0.4, 0.5) is 0 Å². The molecule has 4 saturated carbocycles. The Bertz CT molecular complexity index is 624. The predicted octanol–water partition coefficient (Wildman–Crippen LogP) is 2.67. The molecule has 1 aliphatic heterocycles. The highest BCUT2D eigenvalue weighted by molar-refractivity contribution is 5.91. The monoisotopic (exact) mass is 390 g/mol. The maximum Gasteiger partial charge on any atom is 0.308 e. The lowest BCUT2D eigenvalue weighted by Gasteiger charge is -2.56. The lowest BCUT2D eigenvalue weighted by Crippen LogP contribution is -2.59. The van der Waals surface area contributed by atoms with Crippen LogP contribution in [-0.2, 0) is 14.4 Å². The molecule has 0 aromatic heterocycles. The van der Waals surface area contributed by atoms with Crippen molar-refractivity contribution in [2.45, 2.75) is 71.3 Å². The second kappa shape index (κ2) is 7.34. The molecule has 6 nitrogen and oxygen atoms in total. The van der Waals surface area contributed by atoms with Crippen LogP contribution in [0, 0.1) is 35.0 Å². The summed E-state index contributed by atoms with van der Waals surface area (Å²) < 4.78 is 0. The fourth-order valence-corrected chi connectivity index (χ4v) is 6.77. The number of carboxylic acids is 1. The predicted molar refractivity (Wildman–Crippen MR) is 104 cm³/mol. The summed E-state index contributed by atoms with van der Waals surface area (Å²) in [5, 5.41) is 12.5. The number of piperidine rings is 1. The van der Waals surface area contributed by atoms with Gasteiger partial charge in [-0.25, -0.2) is 0 Å². The van der Waals surface area contributed by atoms with Crippen LogP contribution >= 0.6 is 0 Å². The first kappa shape index (κ1) is 19.7. The number of hydrogen-bond acceptors (Lipinski definition) is 3. The highest BCUT2D eigenvalue weighted by Crippen LogP contribution is 2.60. The van der Waals surface area contributed by atoms with E-state index in [-0.39, 0.29) is 29.7 Å². The minimum absolute atomic E-state index is 0.0180. The molecule has 156 valence electrons. The quantitative estimate of drug-likeness (QED) is 0.756. The van der Waals surface area contributed by atoms with E-state index in [4.69, 9.17) is 0 Å². The minimum Gasteiger partial charge on any atom is -0.481 e. The van der Waals surface area contributed by atoms with E-state index in [1.165, 1.54) is 19.3 Å². The van der Waals surface area contributed by atoms with Crippen molar-refractivity contribution in [2.75, 3.05) is 13.1 Å². The zero-order valence-electron chi connectivity index (χ0n) is 17.2. The Labute approximate surface area is 167 Å². The molecule has 4 bridgehead atoms. The Morgan fingerprint density at radius 3 is 2.11 bits per heavy atom. The van der Waals surface area contributed by atoms with Crippen LogP contribution in [0.25, 0.3) is 0 Å². The average Bonchev–Trinajstić information content (AvgIpc) is 2.64. The SMILES string of the molecule is CC(C)C(NC(=O)C12CC3CC(CC(C3)C1)C2)C(=O)N1CCCC(C(=O)O)C1. The van der Waals surface area contributed by atoms with E-state index >= 15 is 0 Å². The van der Waals surface area contributed by atoms with Gasteiger partial charge in [0.25, 0.3) is 0 Å². The van der Waals surface area contributed by atoms with Crippen molar-refractivity contribution in [2.24, 2.45) is 35.0 Å². The lowest BCUT2D eigenvalue weighted by molar-refractivity contribution is -0.152. The van der Waals surface area contributed by atoms with Crippen LogP contribution in [-0.4, -0.2) is 46.9 Å². The number of likely N-dealkylation sites (tertiary alicyclic amines) is 1. The summed E-state index contributed by atoms with van der Waals surface area (Å²) in [5.74, 6) is 0.663. The molecule has 0 aromatic rings. The van der Waals surface area contributed by atoms with Crippen LogP contribution in [0.1, 0.15) is 65.2 Å². The lowest BCUT2D eigenvalue weighted by atomic mass is 9.49. The summed E-state index contributed by atoms with van der Waals surface area (Å²) >= 11 is 0. The van der Waals surface area contributed by atoms with Crippen molar-refractivity contribution in [1.82, 2.24) is 10.2 Å². The Balaban J connectivity index is 1.46. The van der Waals surface area contributed by atoms with Crippen molar-refractivity contribution in [3.63, 3.8) is 0 Å². The highest BCUT2D eigenvalue weighted by atomic mass is 16.4. The first-order valence-electron chi connectivity index (χ1n) is 11.1. The largest absolute Gasteiger partial charge is 0.481 e. The molecule has 1 heterocycles. The summed E-state index contributed by atoms with van der Waals surface area (Å²) in [4.78, 5) is 39.6. The van der Waals surface area contributed by atoms with E-state index in [0.717, 1.165) is 19.3 Å². The molecule has 5 fully saturated rings. The van der Waals surface area contributed by atoms with Gasteiger partial charge in [-0.1, -0.05) is 13.8 Å². The van der Waals surface area contributed by atoms with Crippen LogP contribution in [0.3, 0.4) is 0 Å². The maximum absolute atomic E-state index is 13.4. The number of nitrogens with zero attached hydrogens (tertiary/aromatic N) is 1. The molecular formula is C22H34N2O4. The highest BCUT2D eigenvalue weighted by Gasteiger charge is 2.55. The van der Waals surface area contributed by atoms with Crippen molar-refractivity contribution < 1.29 is 19.5 Å². The third-order valence-electron chi connectivity index (χ3n) is 7.82. The van der Waals surface area contributed by atoms with Gasteiger partial charge in [-0.15, -0.1) is 0 Å². The molecule has 0 spiro atoms. The van der Waals surface area contributed by atoms with E-state index in [2.05, 4.69) is 5.32 Å². The normalized spacial score (nSPS) is 37.8. The van der Waals surface area contributed by atoms with Gasteiger partial charge in [-0.05, 0) is 75.0 Å². The van der Waals surface area contributed by atoms with Gasteiger partial charge in [0.1, 0.15) is 6.04 Å². The molecule has 28 heavy (non-hydrogen) atoms. The van der Waals surface area contributed by atoms with Gasteiger partial charge in [0.05, 0.1) is 5.92 Å². The molecule has 0 radical (unpaired) electrons. The molecular weight excluding hydrogens is 356 g/mol. The molecule has 2 amide bonds. The van der Waals surface area contributed by atoms with Crippen LogP contribution < -0.4 is 5.32 Å². The second-order valence-corrected chi connectivity index (χ2v) is 10.4. The van der Waals surface area contributed by atoms with Gasteiger partial charge >= 0.3 is 5.97 Å². The van der Waals surface area contributed by atoms with Crippen molar-refractivity contribution in [3.8, 4) is 0 Å². The number of amides is 2. The van der Waals surface area contributed by atoms with Crippen LogP contribution in [0.2, 0.25) is 0 Å². The number of hydrogen-bond donors (Lipinski definition) is 2. The molecule has 1 saturated heterocycles. The van der Waals surface area contributed by atoms with Gasteiger partial charge in [-0.3, -0.25) is 14.4 Å². The van der Waals surface area contributed by atoms with Gasteiger partial charge < -0.3 is 15.3 Å². The Hall–Kier alpha value is -1.59. The van der Waals surface area contributed by atoms with E-state index < -0.39 is 17.9 Å². The molecule has 2 unspecified atom stereocenters. The first-order valence-corrected chi connectivity index (χ1v) is 11.1. The number of carbonyl (C=O) groups excluding carboxylic acids is 2. The van der Waals surface area contributed by atoms with E-state index in [1.807, 2.05) is 13.8 Å². The summed E-state index contributed by atoms with van der Waals surface area (Å²) in [7, 11) is 0. The maximum atomic E-state index is 13.4. The van der Waals surface area contributed by atoms with Crippen molar-refractivity contribution in [3.05, 3.63) is 0 Å². The van der Waals surface area contributed by atoms with Gasteiger partial charge in [0, 0.05) is 18.5 Å². The molecule has 6 heteroatoms. The number of aliphatic carboxylic acids is 1. The molecule has 0 aromatic carbocycles. The zero-order chi connectivity index (χ0) is 20.1. The smallest absolute Gasteiger partial charge is 0.308 e. The van der Waals surface area contributed by atoms with Crippen LogP contribution in [0.15, 0.2) is 0 Å². The summed E-state index contributed by atoms with van der Waals surface area (Å²) in [6.45, 7) is 4.76. The Morgan fingerprint density at radius 1 is 1.04 bits per heavy atom. The zero-order valence-corrected chi connectivity index (χ0v) is 17.2. The Kier molecular flexibility index (Phi) is 5.17. The number of carbonyl (C=O) groups is 3. The fraction of sp³-hybridized carbons (Fsp3) is 0.864. The molecule has 5 aliphatic rings. The van der Waals surface area contributed by atoms with Gasteiger partial charge in [0.15, 0.2) is 0 Å². The standard InChI is InChI=1S/C22H34N2O4/c1-13(2)18(19(25)24-5-3-4-17(12-24)20(26)27)23-21(28)22-9-14-6-15(10-22)8-16(7-14)11-22/h13-18H,3-12H2,1-2H3,(H,23,28)(H,26,27). The number of nitrogens with one attached hydrogen (secondary N) is 1. The average molecular weight is 391 g/mol. The molecule has 4 aliphatic carbocycles. The van der Waals surface area contributed by atoms with E-state index in [9.17, 15) is 19.5 Å². The van der Waals surface area contributed by atoms with Crippen LogP contribution in [0.5, 0.6) is 0 Å². The number of carboxylic acid groups (broad SMARTS) is 1.